The molecule has 4 rings (SSSR count). The molecular formula is C15H12F3N3O4. The molecule has 0 bridgehead atoms. The zero-order valence-corrected chi connectivity index (χ0v) is 12.6. The lowest BCUT2D eigenvalue weighted by Crippen LogP contribution is -2.35. The summed E-state index contributed by atoms with van der Waals surface area (Å²) in [6.45, 7) is 0.0663. The molecule has 25 heavy (non-hydrogen) atoms. The smallest absolute Gasteiger partial charge is 0.410 e. The molecule has 2 aliphatic rings. The Kier molecular flexibility index (Phi) is 3.31. The fourth-order valence-electron chi connectivity index (χ4n) is 3.03. The van der Waals surface area contributed by atoms with Crippen molar-refractivity contribution < 1.29 is 32.5 Å². The van der Waals surface area contributed by atoms with E-state index < -0.39 is 29.9 Å². The predicted octanol–water partition coefficient (Wildman–Crippen LogP) is 2.97. The molecule has 0 aliphatic carbocycles. The van der Waals surface area contributed by atoms with E-state index in [0.717, 1.165) is 6.07 Å². The topological polar surface area (TPSA) is 85.6 Å². The monoisotopic (exact) mass is 355 g/mol. The summed E-state index contributed by atoms with van der Waals surface area (Å²) in [4.78, 5) is 11.0. The van der Waals surface area contributed by atoms with Crippen molar-refractivity contribution in [3.8, 4) is 11.5 Å². The van der Waals surface area contributed by atoms with E-state index in [-0.39, 0.29) is 19.0 Å². The molecule has 2 atom stereocenters. The highest BCUT2D eigenvalue weighted by Gasteiger charge is 2.47. The van der Waals surface area contributed by atoms with Crippen molar-refractivity contribution in [3.63, 3.8) is 0 Å². The summed E-state index contributed by atoms with van der Waals surface area (Å²) in [6.07, 6.45) is -4.88. The van der Waals surface area contributed by atoms with Gasteiger partial charge in [-0.15, -0.1) is 0 Å². The predicted molar refractivity (Wildman–Crippen MR) is 77.8 cm³/mol. The van der Waals surface area contributed by atoms with Crippen molar-refractivity contribution in [3.05, 3.63) is 35.5 Å². The van der Waals surface area contributed by atoms with Crippen LogP contribution in [0.3, 0.4) is 0 Å². The minimum atomic E-state index is -4.56. The Labute approximate surface area is 139 Å². The van der Waals surface area contributed by atoms with Crippen LogP contribution in [0.1, 0.15) is 34.6 Å². The number of nitrogens with zero attached hydrogens (tertiary/aromatic N) is 2. The van der Waals surface area contributed by atoms with Crippen LogP contribution in [0.5, 0.6) is 11.5 Å². The lowest BCUT2D eigenvalue weighted by atomic mass is 9.96. The molecule has 3 heterocycles. The van der Waals surface area contributed by atoms with Gasteiger partial charge in [-0.25, -0.2) is 9.48 Å². The highest BCUT2D eigenvalue weighted by molar-refractivity contribution is 5.86. The van der Waals surface area contributed by atoms with Gasteiger partial charge in [-0.3, -0.25) is 0 Å². The van der Waals surface area contributed by atoms with E-state index in [9.17, 15) is 18.0 Å². The van der Waals surface area contributed by atoms with Gasteiger partial charge in [0.05, 0.1) is 6.04 Å². The highest BCUT2D eigenvalue weighted by atomic mass is 19.4. The van der Waals surface area contributed by atoms with Gasteiger partial charge in [-0.05, 0) is 17.7 Å². The molecule has 10 heteroatoms. The molecule has 1 aromatic carbocycles. The van der Waals surface area contributed by atoms with Gasteiger partial charge in [-0.2, -0.15) is 18.3 Å². The lowest BCUT2D eigenvalue weighted by Gasteiger charge is -2.33. The fourth-order valence-corrected chi connectivity index (χ4v) is 3.03. The Morgan fingerprint density at radius 2 is 2.04 bits per heavy atom. The Bertz CT molecular complexity index is 849. The number of rotatable bonds is 2. The van der Waals surface area contributed by atoms with Crippen molar-refractivity contribution in [2.75, 3.05) is 12.1 Å². The number of anilines is 1. The number of halogens is 3. The van der Waals surface area contributed by atoms with Gasteiger partial charge < -0.3 is 19.9 Å². The first-order valence-electron chi connectivity index (χ1n) is 7.38. The van der Waals surface area contributed by atoms with Crippen molar-refractivity contribution in [1.29, 1.82) is 0 Å². The zero-order valence-electron chi connectivity index (χ0n) is 12.6. The summed E-state index contributed by atoms with van der Waals surface area (Å²) >= 11 is 0. The van der Waals surface area contributed by atoms with E-state index in [0.29, 0.717) is 21.7 Å². The first-order valence-corrected chi connectivity index (χ1v) is 7.38. The molecule has 132 valence electrons. The number of carboxylic acids is 1. The second-order valence-corrected chi connectivity index (χ2v) is 5.77. The van der Waals surface area contributed by atoms with Crippen LogP contribution >= 0.6 is 0 Å². The van der Waals surface area contributed by atoms with E-state index in [1.165, 1.54) is 0 Å². The molecule has 0 radical (unpaired) electrons. The van der Waals surface area contributed by atoms with Crippen LogP contribution in [0.2, 0.25) is 0 Å². The quantitative estimate of drug-likeness (QED) is 0.861. The first-order chi connectivity index (χ1) is 11.8. The van der Waals surface area contributed by atoms with E-state index >= 15 is 0 Å². The maximum absolute atomic E-state index is 13.5. The number of benzene rings is 1. The summed E-state index contributed by atoms with van der Waals surface area (Å²) in [7, 11) is 0. The van der Waals surface area contributed by atoms with Crippen molar-refractivity contribution in [1.82, 2.24) is 9.78 Å². The number of fused-ring (bicyclic) bond motifs is 2. The molecule has 0 spiro atoms. The number of aromatic nitrogens is 2. The maximum atomic E-state index is 13.5. The Morgan fingerprint density at radius 3 is 2.76 bits per heavy atom. The van der Waals surface area contributed by atoms with Crippen LogP contribution in [0.4, 0.5) is 19.0 Å². The molecule has 1 aromatic heterocycles. The molecule has 0 unspecified atom stereocenters. The van der Waals surface area contributed by atoms with Crippen molar-refractivity contribution in [2.45, 2.75) is 24.7 Å². The number of carboxylic acid groups (broad SMARTS) is 1. The average molecular weight is 355 g/mol. The SMILES string of the molecule is O=C(O)c1cc2n(n1)[C@@H](C(F)(F)F)C[C@H](c1ccc3c(c1)OCO3)N2. The molecule has 0 fully saturated rings. The van der Waals surface area contributed by atoms with Crippen molar-refractivity contribution >= 4 is 11.8 Å². The fraction of sp³-hybridized carbons (Fsp3) is 0.333. The van der Waals surface area contributed by atoms with Gasteiger partial charge in [0.2, 0.25) is 6.79 Å². The summed E-state index contributed by atoms with van der Waals surface area (Å²) < 4.78 is 51.5. The summed E-state index contributed by atoms with van der Waals surface area (Å²) in [6, 6.07) is 3.41. The largest absolute Gasteiger partial charge is 0.476 e. The van der Waals surface area contributed by atoms with E-state index in [1.807, 2.05) is 0 Å². The van der Waals surface area contributed by atoms with Gasteiger partial charge in [0, 0.05) is 12.5 Å². The number of carbonyl (C=O) groups is 1. The normalized spacial score (nSPS) is 21.6. The van der Waals surface area contributed by atoms with Gasteiger partial charge in [0.1, 0.15) is 5.82 Å². The number of alkyl halides is 3. The van der Waals surface area contributed by atoms with Gasteiger partial charge in [0.15, 0.2) is 23.2 Å². The molecule has 7 nitrogen and oxygen atoms in total. The number of hydrogen-bond donors (Lipinski definition) is 2. The second kappa shape index (κ2) is 5.30. The minimum absolute atomic E-state index is 0.00800. The number of nitrogens with one attached hydrogen (secondary N) is 1. The van der Waals surface area contributed by atoms with Gasteiger partial charge in [-0.1, -0.05) is 6.07 Å². The summed E-state index contributed by atoms with van der Waals surface area (Å²) in [5, 5.41) is 15.5. The van der Waals surface area contributed by atoms with Gasteiger partial charge >= 0.3 is 12.1 Å². The molecule has 2 aliphatic heterocycles. The third kappa shape index (κ3) is 2.63. The third-order valence-electron chi connectivity index (χ3n) is 4.21. The van der Waals surface area contributed by atoms with Crippen LogP contribution in [0, 0.1) is 0 Å². The summed E-state index contributed by atoms with van der Waals surface area (Å²) in [5.74, 6) is -0.379. The molecular weight excluding hydrogens is 343 g/mol. The molecule has 0 amide bonds. The number of aromatic carboxylic acids is 1. The molecule has 0 saturated heterocycles. The Morgan fingerprint density at radius 1 is 1.28 bits per heavy atom. The zero-order chi connectivity index (χ0) is 17.8. The lowest BCUT2D eigenvalue weighted by molar-refractivity contribution is -0.173. The van der Waals surface area contributed by atoms with Crippen LogP contribution in [0.15, 0.2) is 24.3 Å². The maximum Gasteiger partial charge on any atom is 0.410 e. The highest BCUT2D eigenvalue weighted by Crippen LogP contribution is 2.45. The Balaban J connectivity index is 1.73. The van der Waals surface area contributed by atoms with E-state index in [4.69, 9.17) is 14.6 Å². The first kappa shape index (κ1) is 15.6. The Hall–Kier alpha value is -2.91. The van der Waals surface area contributed by atoms with Crippen LogP contribution in [-0.4, -0.2) is 33.8 Å². The van der Waals surface area contributed by atoms with E-state index in [2.05, 4.69) is 10.4 Å². The molecule has 0 saturated carbocycles. The number of ether oxygens (including phenoxy) is 2. The van der Waals surface area contributed by atoms with Gasteiger partial charge in [0.25, 0.3) is 0 Å². The van der Waals surface area contributed by atoms with Crippen LogP contribution in [-0.2, 0) is 0 Å². The standard InChI is InChI=1S/C15H12F3N3O4/c16-15(17,18)12-4-8(7-1-2-10-11(3-7)25-6-24-10)19-13-5-9(14(22)23)20-21(12)13/h1-3,5,8,12,19H,4,6H2,(H,22,23)/t8-,12-/m1/s1. The molecule has 2 aromatic rings. The molecule has 2 N–H and O–H groups in total. The summed E-state index contributed by atoms with van der Waals surface area (Å²) in [5.41, 5.74) is 0.144. The van der Waals surface area contributed by atoms with Crippen LogP contribution in [0.25, 0.3) is 0 Å². The number of hydrogen-bond acceptors (Lipinski definition) is 5. The van der Waals surface area contributed by atoms with Crippen molar-refractivity contribution in [2.24, 2.45) is 0 Å². The average Bonchev–Trinajstić information content (AvgIpc) is 3.18. The minimum Gasteiger partial charge on any atom is -0.476 e. The second-order valence-electron chi connectivity index (χ2n) is 5.77. The van der Waals surface area contributed by atoms with Crippen LogP contribution < -0.4 is 14.8 Å². The van der Waals surface area contributed by atoms with E-state index in [1.54, 1.807) is 18.2 Å². The third-order valence-corrected chi connectivity index (χ3v) is 4.21.